The number of nitrogens with zero attached hydrogens (tertiary/aromatic N) is 2. The summed E-state index contributed by atoms with van der Waals surface area (Å²) >= 11 is 1.80. The Morgan fingerprint density at radius 2 is 2.00 bits per heavy atom. The number of aliphatic imine (C=N–C) groups is 1. The van der Waals surface area contributed by atoms with Crippen LogP contribution in [0, 0.1) is 5.92 Å². The highest BCUT2D eigenvalue weighted by molar-refractivity contribution is 8.14. The molecule has 1 aromatic heterocycles. The molecule has 0 amide bonds. The Balaban J connectivity index is 1.72. The van der Waals surface area contributed by atoms with Crippen LogP contribution in [0.2, 0.25) is 0 Å². The molecule has 4 rings (SSSR count). The molecule has 5 nitrogen and oxygen atoms in total. The van der Waals surface area contributed by atoms with Gasteiger partial charge in [-0.3, -0.25) is 14.6 Å². The van der Waals surface area contributed by atoms with Crippen LogP contribution in [0.15, 0.2) is 9.79 Å². The number of aromatic amines is 1. The van der Waals surface area contributed by atoms with Gasteiger partial charge in [0.2, 0.25) is 0 Å². The highest BCUT2D eigenvalue weighted by Gasteiger charge is 2.38. The summed E-state index contributed by atoms with van der Waals surface area (Å²) in [6.07, 6.45) is 8.22. The summed E-state index contributed by atoms with van der Waals surface area (Å²) in [4.78, 5) is 17.7. The Morgan fingerprint density at radius 1 is 1.24 bits per heavy atom. The summed E-state index contributed by atoms with van der Waals surface area (Å²) in [6.45, 7) is 7.07. The van der Waals surface area contributed by atoms with E-state index < -0.39 is 0 Å². The minimum atomic E-state index is -0.151. The van der Waals surface area contributed by atoms with Crippen molar-refractivity contribution in [3.05, 3.63) is 15.9 Å². The molecule has 3 heterocycles. The van der Waals surface area contributed by atoms with Gasteiger partial charge in [-0.25, -0.2) is 4.99 Å². The Morgan fingerprint density at radius 3 is 2.72 bits per heavy atom. The van der Waals surface area contributed by atoms with Gasteiger partial charge in [-0.15, -0.1) is 11.8 Å². The number of hydrogen-bond acceptors (Lipinski definition) is 4. The van der Waals surface area contributed by atoms with Gasteiger partial charge < -0.3 is 4.74 Å². The van der Waals surface area contributed by atoms with Crippen LogP contribution in [0.1, 0.15) is 82.6 Å². The van der Waals surface area contributed by atoms with Gasteiger partial charge in [0.05, 0.1) is 22.3 Å². The van der Waals surface area contributed by atoms with Crippen LogP contribution in [0.3, 0.4) is 0 Å². The SMILES string of the molecule is CC1=Nc2c(c(=O)[nH]n2[C@@H]2CCOC(C)(C)C2)[C@@H](C2CCCCC2)S1. The Kier molecular flexibility index (Phi) is 4.61. The van der Waals surface area contributed by atoms with Crippen molar-refractivity contribution < 1.29 is 4.74 Å². The van der Waals surface area contributed by atoms with Crippen molar-refractivity contribution in [2.75, 3.05) is 6.61 Å². The Hall–Kier alpha value is -1.01. The lowest BCUT2D eigenvalue weighted by Crippen LogP contribution is -2.35. The van der Waals surface area contributed by atoms with E-state index in [0.717, 1.165) is 35.9 Å². The molecule has 1 saturated carbocycles. The fourth-order valence-corrected chi connectivity index (χ4v) is 6.00. The van der Waals surface area contributed by atoms with E-state index in [-0.39, 0.29) is 22.5 Å². The van der Waals surface area contributed by atoms with Crippen molar-refractivity contribution in [1.82, 2.24) is 9.78 Å². The molecule has 138 valence electrons. The number of nitrogens with one attached hydrogen (secondary N) is 1. The van der Waals surface area contributed by atoms with Crippen LogP contribution in [0.5, 0.6) is 0 Å². The van der Waals surface area contributed by atoms with E-state index in [2.05, 4.69) is 30.6 Å². The molecule has 6 heteroatoms. The summed E-state index contributed by atoms with van der Waals surface area (Å²) < 4.78 is 7.92. The highest BCUT2D eigenvalue weighted by Crippen LogP contribution is 2.49. The Labute approximate surface area is 153 Å². The fraction of sp³-hybridized carbons (Fsp3) is 0.789. The largest absolute Gasteiger partial charge is 0.375 e. The van der Waals surface area contributed by atoms with Crippen molar-refractivity contribution in [3.63, 3.8) is 0 Å². The molecule has 1 N–H and O–H groups in total. The fourth-order valence-electron chi connectivity index (χ4n) is 4.70. The van der Waals surface area contributed by atoms with Crippen LogP contribution in [-0.2, 0) is 4.74 Å². The first kappa shape index (κ1) is 17.4. The molecule has 0 spiro atoms. The van der Waals surface area contributed by atoms with E-state index in [1.54, 1.807) is 11.8 Å². The zero-order chi connectivity index (χ0) is 17.6. The van der Waals surface area contributed by atoms with Gasteiger partial charge in [-0.05, 0) is 52.4 Å². The van der Waals surface area contributed by atoms with Gasteiger partial charge in [0.1, 0.15) is 0 Å². The van der Waals surface area contributed by atoms with Crippen LogP contribution in [0.25, 0.3) is 0 Å². The third kappa shape index (κ3) is 3.35. The lowest BCUT2D eigenvalue weighted by molar-refractivity contribution is -0.0705. The van der Waals surface area contributed by atoms with Crippen LogP contribution >= 0.6 is 11.8 Å². The predicted molar refractivity (Wildman–Crippen MR) is 103 cm³/mol. The van der Waals surface area contributed by atoms with Gasteiger partial charge in [-0.1, -0.05) is 19.3 Å². The maximum atomic E-state index is 12.9. The number of thioether (sulfide) groups is 1. The average molecular weight is 364 g/mol. The molecule has 2 atom stereocenters. The van der Waals surface area contributed by atoms with E-state index in [4.69, 9.17) is 9.73 Å². The first-order valence-corrected chi connectivity index (χ1v) is 10.5. The van der Waals surface area contributed by atoms with Crippen molar-refractivity contribution >= 4 is 22.6 Å². The monoisotopic (exact) mass is 363 g/mol. The molecule has 0 radical (unpaired) electrons. The number of aromatic nitrogens is 2. The van der Waals surface area contributed by atoms with E-state index >= 15 is 0 Å². The van der Waals surface area contributed by atoms with Crippen LogP contribution in [-0.4, -0.2) is 27.0 Å². The predicted octanol–water partition coefficient (Wildman–Crippen LogP) is 4.72. The third-order valence-corrected chi connectivity index (χ3v) is 7.20. The minimum Gasteiger partial charge on any atom is -0.375 e. The topological polar surface area (TPSA) is 59.4 Å². The number of fused-ring (bicyclic) bond motifs is 1. The summed E-state index contributed by atoms with van der Waals surface area (Å²) in [5.41, 5.74) is 0.840. The third-order valence-electron chi connectivity index (χ3n) is 5.90. The number of ether oxygens (including phenoxy) is 1. The van der Waals surface area contributed by atoms with Crippen molar-refractivity contribution in [3.8, 4) is 0 Å². The van der Waals surface area contributed by atoms with E-state index in [9.17, 15) is 4.79 Å². The first-order chi connectivity index (χ1) is 11.9. The van der Waals surface area contributed by atoms with E-state index in [1.807, 2.05) is 0 Å². The Bertz CT molecular complexity index is 728. The second kappa shape index (κ2) is 6.62. The molecule has 0 bridgehead atoms. The highest BCUT2D eigenvalue weighted by atomic mass is 32.2. The maximum Gasteiger partial charge on any atom is 0.270 e. The molecule has 3 aliphatic rings. The number of rotatable bonds is 2. The smallest absolute Gasteiger partial charge is 0.270 e. The second-order valence-corrected chi connectivity index (χ2v) is 9.70. The lowest BCUT2D eigenvalue weighted by Gasteiger charge is -2.36. The van der Waals surface area contributed by atoms with Crippen molar-refractivity contribution in [2.24, 2.45) is 10.9 Å². The molecular weight excluding hydrogens is 334 g/mol. The molecular formula is C19H29N3O2S. The summed E-state index contributed by atoms with van der Waals surface area (Å²) in [5, 5.41) is 4.49. The second-order valence-electron chi connectivity index (χ2n) is 8.37. The standard InChI is InChI=1S/C19H29N3O2S/c1-12-20-17-15(16(25-12)13-7-5-4-6-8-13)18(23)21-22(17)14-9-10-24-19(2,3)11-14/h13-14,16H,4-11H2,1-3H3,(H,21,23)/t14-,16-/m1/s1. The minimum absolute atomic E-state index is 0.0682. The molecule has 2 fully saturated rings. The van der Waals surface area contributed by atoms with E-state index in [0.29, 0.717) is 5.92 Å². The normalized spacial score (nSPS) is 30.0. The quantitative estimate of drug-likeness (QED) is 0.827. The number of hydrogen-bond donors (Lipinski definition) is 1. The van der Waals surface area contributed by atoms with Gasteiger partial charge in [-0.2, -0.15) is 0 Å². The zero-order valence-corrected chi connectivity index (χ0v) is 16.3. The van der Waals surface area contributed by atoms with Crippen LogP contribution < -0.4 is 5.56 Å². The van der Waals surface area contributed by atoms with Crippen molar-refractivity contribution in [1.29, 1.82) is 0 Å². The zero-order valence-electron chi connectivity index (χ0n) is 15.5. The molecule has 2 aliphatic heterocycles. The molecule has 0 aromatic carbocycles. The van der Waals surface area contributed by atoms with Gasteiger partial charge in [0, 0.05) is 11.9 Å². The van der Waals surface area contributed by atoms with E-state index in [1.165, 1.54) is 32.1 Å². The molecule has 1 saturated heterocycles. The summed E-state index contributed by atoms with van der Waals surface area (Å²) in [7, 11) is 0. The maximum absolute atomic E-state index is 12.9. The molecule has 25 heavy (non-hydrogen) atoms. The number of H-pyrrole nitrogens is 1. The van der Waals surface area contributed by atoms with Gasteiger partial charge >= 0.3 is 0 Å². The van der Waals surface area contributed by atoms with Crippen LogP contribution in [0.4, 0.5) is 5.82 Å². The first-order valence-electron chi connectivity index (χ1n) is 9.65. The molecule has 1 aromatic rings. The molecule has 0 unspecified atom stereocenters. The average Bonchev–Trinajstić information content (AvgIpc) is 2.91. The molecule has 1 aliphatic carbocycles. The lowest BCUT2D eigenvalue weighted by atomic mass is 9.84. The van der Waals surface area contributed by atoms with Gasteiger partial charge in [0.15, 0.2) is 5.82 Å². The summed E-state index contributed by atoms with van der Waals surface area (Å²) in [5.74, 6) is 1.49. The van der Waals surface area contributed by atoms with Crippen molar-refractivity contribution in [2.45, 2.75) is 82.6 Å². The summed E-state index contributed by atoms with van der Waals surface area (Å²) in [6, 6.07) is 0.256. The van der Waals surface area contributed by atoms with Gasteiger partial charge in [0.25, 0.3) is 5.56 Å².